The number of rotatable bonds is 5. The van der Waals surface area contributed by atoms with E-state index in [4.69, 9.17) is 9.47 Å². The maximum atomic E-state index is 13.8. The van der Waals surface area contributed by atoms with Crippen LogP contribution in [0, 0.1) is 0 Å². The number of ether oxygens (including phenoxy) is 2. The van der Waals surface area contributed by atoms with Crippen molar-refractivity contribution in [3.63, 3.8) is 0 Å². The van der Waals surface area contributed by atoms with Crippen molar-refractivity contribution in [2.75, 3.05) is 20.8 Å². The van der Waals surface area contributed by atoms with Gasteiger partial charge in [0.15, 0.2) is 11.5 Å². The maximum absolute atomic E-state index is 13.8. The molecule has 0 spiro atoms. The van der Waals surface area contributed by atoms with Gasteiger partial charge in [-0.2, -0.15) is 0 Å². The zero-order valence-electron chi connectivity index (χ0n) is 19.5. The monoisotopic (exact) mass is 487 g/mol. The molecule has 2 amide bonds. The highest BCUT2D eigenvalue weighted by Crippen LogP contribution is 2.44. The van der Waals surface area contributed by atoms with Crippen molar-refractivity contribution in [3.8, 4) is 11.5 Å². The second kappa shape index (κ2) is 8.46. The van der Waals surface area contributed by atoms with Gasteiger partial charge in [-0.3, -0.25) is 9.59 Å². The lowest BCUT2D eigenvalue weighted by molar-refractivity contribution is -0.159. The van der Waals surface area contributed by atoms with Crippen LogP contribution in [0.1, 0.15) is 27.7 Å². The molecule has 0 saturated carbocycles. The molecule has 2 atom stereocenters. The highest BCUT2D eigenvalue weighted by atomic mass is 32.1. The number of benzene rings is 2. The predicted molar refractivity (Wildman–Crippen MR) is 134 cm³/mol. The topological polar surface area (TPSA) is 74.9 Å². The highest BCUT2D eigenvalue weighted by molar-refractivity contribution is 7.09. The maximum Gasteiger partial charge on any atom is 0.246 e. The van der Waals surface area contributed by atoms with Gasteiger partial charge in [-0.1, -0.05) is 30.3 Å². The first-order valence-electron chi connectivity index (χ1n) is 11.5. The van der Waals surface area contributed by atoms with Gasteiger partial charge in [0.25, 0.3) is 0 Å². The molecule has 0 bridgehead atoms. The number of hydrogen-bond donors (Lipinski definition) is 1. The van der Waals surface area contributed by atoms with Crippen molar-refractivity contribution in [3.05, 3.63) is 81.7 Å². The summed E-state index contributed by atoms with van der Waals surface area (Å²) in [5.41, 5.74) is 3.90. The van der Waals surface area contributed by atoms with Gasteiger partial charge in [0.1, 0.15) is 12.6 Å². The van der Waals surface area contributed by atoms with Crippen molar-refractivity contribution in [1.29, 1.82) is 0 Å². The quantitative estimate of drug-likeness (QED) is 0.459. The number of carbonyl (C=O) groups is 2. The van der Waals surface area contributed by atoms with E-state index in [1.54, 1.807) is 35.4 Å². The number of aromatic amines is 1. The number of aromatic nitrogens is 1. The van der Waals surface area contributed by atoms with Crippen molar-refractivity contribution >= 4 is 34.1 Å². The fourth-order valence-electron chi connectivity index (χ4n) is 5.42. The van der Waals surface area contributed by atoms with Crippen molar-refractivity contribution in [2.24, 2.45) is 0 Å². The smallest absolute Gasteiger partial charge is 0.246 e. The zero-order chi connectivity index (χ0) is 24.1. The lowest BCUT2D eigenvalue weighted by Crippen LogP contribution is -2.62. The average Bonchev–Trinajstić information content (AvgIpc) is 3.53. The standard InChI is InChI=1S/C27H25N3O4S/c1-33-22-10-9-16(12-23(22)34-2)26-25-19(18-7-3-4-8-20(18)28-25)13-21-27(32)29(15-24(31)30(21)26)14-17-6-5-11-35-17/h3-12,21,26,28H,13-15H2,1-2H3. The summed E-state index contributed by atoms with van der Waals surface area (Å²) in [4.78, 5) is 35.5. The molecule has 0 radical (unpaired) electrons. The number of H-pyrrole nitrogens is 1. The molecule has 2 aromatic carbocycles. The molecule has 6 rings (SSSR count). The Balaban J connectivity index is 1.49. The van der Waals surface area contributed by atoms with Crippen LogP contribution >= 0.6 is 11.3 Å². The molecule has 2 unspecified atom stereocenters. The summed E-state index contributed by atoms with van der Waals surface area (Å²) in [6.07, 6.45) is 0.481. The summed E-state index contributed by atoms with van der Waals surface area (Å²) >= 11 is 1.60. The Morgan fingerprint density at radius 2 is 1.86 bits per heavy atom. The molecule has 1 saturated heterocycles. The van der Waals surface area contributed by atoms with Crippen LogP contribution in [0.25, 0.3) is 10.9 Å². The minimum atomic E-state index is -0.569. The minimum absolute atomic E-state index is 0.0144. The van der Waals surface area contributed by atoms with Crippen LogP contribution in [0.15, 0.2) is 60.0 Å². The van der Waals surface area contributed by atoms with Crippen LogP contribution in [0.5, 0.6) is 11.5 Å². The number of nitrogens with one attached hydrogen (secondary N) is 1. The second-order valence-electron chi connectivity index (χ2n) is 8.87. The van der Waals surface area contributed by atoms with Gasteiger partial charge in [0.2, 0.25) is 11.8 Å². The Morgan fingerprint density at radius 1 is 1.03 bits per heavy atom. The number of fused-ring (bicyclic) bond motifs is 4. The van der Waals surface area contributed by atoms with E-state index in [9.17, 15) is 9.59 Å². The molecule has 178 valence electrons. The van der Waals surface area contributed by atoms with Crippen LogP contribution in [0.4, 0.5) is 0 Å². The Hall–Kier alpha value is -3.78. The van der Waals surface area contributed by atoms with E-state index >= 15 is 0 Å². The number of thiophene rings is 1. The van der Waals surface area contributed by atoms with Gasteiger partial charge in [-0.15, -0.1) is 11.3 Å². The van der Waals surface area contributed by atoms with Crippen LogP contribution in [-0.4, -0.2) is 53.4 Å². The van der Waals surface area contributed by atoms with Gasteiger partial charge >= 0.3 is 0 Å². The molecule has 7 nitrogen and oxygen atoms in total. The van der Waals surface area contributed by atoms with E-state index in [1.165, 1.54) is 0 Å². The number of hydrogen-bond acceptors (Lipinski definition) is 5. The lowest BCUT2D eigenvalue weighted by Gasteiger charge is -2.47. The fourth-order valence-corrected chi connectivity index (χ4v) is 6.14. The third kappa shape index (κ3) is 3.47. The predicted octanol–water partition coefficient (Wildman–Crippen LogP) is 4.13. The lowest BCUT2D eigenvalue weighted by atomic mass is 9.86. The van der Waals surface area contributed by atoms with Gasteiger partial charge in [0, 0.05) is 27.9 Å². The van der Waals surface area contributed by atoms with Crippen LogP contribution < -0.4 is 9.47 Å². The fraction of sp³-hybridized carbons (Fsp3) is 0.259. The Labute approximate surface area is 206 Å². The highest BCUT2D eigenvalue weighted by Gasteiger charge is 2.48. The van der Waals surface area contributed by atoms with Crippen molar-refractivity contribution in [1.82, 2.24) is 14.8 Å². The Bertz CT molecular complexity index is 1430. The first kappa shape index (κ1) is 21.7. The summed E-state index contributed by atoms with van der Waals surface area (Å²) in [6.45, 7) is 0.515. The summed E-state index contributed by atoms with van der Waals surface area (Å²) in [6, 6.07) is 16.8. The SMILES string of the molecule is COc1ccc(C2c3[nH]c4ccccc4c3CC3C(=O)N(Cc4cccs4)CC(=O)N32)cc1OC. The average molecular weight is 488 g/mol. The molecule has 4 aromatic rings. The number of para-hydroxylation sites is 1. The molecule has 1 fully saturated rings. The third-order valence-electron chi connectivity index (χ3n) is 6.99. The molecular formula is C27H25N3O4S. The first-order chi connectivity index (χ1) is 17.1. The summed E-state index contributed by atoms with van der Waals surface area (Å²) in [7, 11) is 3.19. The van der Waals surface area contributed by atoms with Crippen molar-refractivity contribution < 1.29 is 19.1 Å². The van der Waals surface area contributed by atoms with Gasteiger partial charge in [0.05, 0.1) is 26.8 Å². The summed E-state index contributed by atoms with van der Waals surface area (Å²) < 4.78 is 11.0. The number of amides is 2. The largest absolute Gasteiger partial charge is 0.493 e. The molecule has 2 aromatic heterocycles. The second-order valence-corrected chi connectivity index (χ2v) is 9.91. The minimum Gasteiger partial charge on any atom is -0.493 e. The summed E-state index contributed by atoms with van der Waals surface area (Å²) in [5.74, 6) is 1.12. The van der Waals surface area contributed by atoms with Crippen LogP contribution in [0.2, 0.25) is 0 Å². The van der Waals surface area contributed by atoms with Crippen molar-refractivity contribution in [2.45, 2.75) is 25.0 Å². The zero-order valence-corrected chi connectivity index (χ0v) is 20.3. The molecule has 2 aliphatic rings. The van der Waals surface area contributed by atoms with E-state index in [-0.39, 0.29) is 18.4 Å². The van der Waals surface area contributed by atoms with Gasteiger partial charge < -0.3 is 24.3 Å². The molecule has 2 aliphatic heterocycles. The van der Waals surface area contributed by atoms with Gasteiger partial charge in [-0.05, 0) is 40.8 Å². The van der Waals surface area contributed by atoms with E-state index < -0.39 is 12.1 Å². The number of piperazine rings is 1. The molecule has 0 aliphatic carbocycles. The molecule has 4 heterocycles. The van der Waals surface area contributed by atoms with E-state index in [1.807, 2.05) is 53.9 Å². The van der Waals surface area contributed by atoms with E-state index in [0.29, 0.717) is 24.5 Å². The molecule has 8 heteroatoms. The third-order valence-corrected chi connectivity index (χ3v) is 7.85. The van der Waals surface area contributed by atoms with Crippen LogP contribution in [0.3, 0.4) is 0 Å². The Morgan fingerprint density at radius 3 is 2.63 bits per heavy atom. The van der Waals surface area contributed by atoms with Gasteiger partial charge in [-0.25, -0.2) is 0 Å². The summed E-state index contributed by atoms with van der Waals surface area (Å²) in [5, 5.41) is 3.08. The van der Waals surface area contributed by atoms with E-state index in [0.717, 1.165) is 32.6 Å². The molecular weight excluding hydrogens is 462 g/mol. The van der Waals surface area contributed by atoms with E-state index in [2.05, 4.69) is 11.1 Å². The Kier molecular flexibility index (Phi) is 5.25. The molecule has 35 heavy (non-hydrogen) atoms. The molecule has 1 N–H and O–H groups in total. The number of nitrogens with zero attached hydrogens (tertiary/aromatic N) is 2. The number of carbonyl (C=O) groups excluding carboxylic acids is 2. The van der Waals surface area contributed by atoms with Crippen LogP contribution in [-0.2, 0) is 22.6 Å². The first-order valence-corrected chi connectivity index (χ1v) is 12.4. The number of methoxy groups -OCH3 is 2. The normalized spacial score (nSPS) is 19.6.